The van der Waals surface area contributed by atoms with E-state index in [2.05, 4.69) is 4.72 Å². The zero-order valence-corrected chi connectivity index (χ0v) is 16.6. The lowest BCUT2D eigenvalue weighted by Crippen LogP contribution is -2.39. The lowest BCUT2D eigenvalue weighted by atomic mass is 9.95. The number of sulfonamides is 1. The second-order valence-corrected chi connectivity index (χ2v) is 8.62. The van der Waals surface area contributed by atoms with E-state index in [1.807, 2.05) is 52.8 Å². The summed E-state index contributed by atoms with van der Waals surface area (Å²) in [6.07, 6.45) is 0. The molecule has 2 aromatic carbocycles. The summed E-state index contributed by atoms with van der Waals surface area (Å²) < 4.78 is 28.5. The average Bonchev–Trinajstić information content (AvgIpc) is 2.57. The maximum absolute atomic E-state index is 12.9. The van der Waals surface area contributed by atoms with E-state index in [4.69, 9.17) is 0 Å². The predicted octanol–water partition coefficient (Wildman–Crippen LogP) is 3.41. The molecule has 2 N–H and O–H groups in total. The van der Waals surface area contributed by atoms with Gasteiger partial charge in [0.2, 0.25) is 10.0 Å². The molecule has 2 rings (SSSR count). The van der Waals surface area contributed by atoms with Gasteiger partial charge in [-0.15, -0.1) is 0 Å². The van der Waals surface area contributed by atoms with Crippen LogP contribution in [0.15, 0.2) is 35.2 Å². The lowest BCUT2D eigenvalue weighted by Gasteiger charge is -2.25. The largest absolute Gasteiger partial charge is 0.384 e. The SMILES string of the molecule is Cc1c(C)c(C)c(S(=O)(=O)NCC(C)(O)c2ccccc2)c(C)c1C. The van der Waals surface area contributed by atoms with Crippen molar-refractivity contribution < 1.29 is 13.5 Å². The standard InChI is InChI=1S/C20H27NO3S/c1-13-14(2)16(4)19(17(5)15(13)3)25(23,24)21-12-20(6,22)18-10-8-7-9-11-18/h7-11,21-22H,12H2,1-6H3. The molecule has 1 atom stereocenters. The maximum Gasteiger partial charge on any atom is 0.241 e. The third kappa shape index (κ3) is 3.78. The highest BCUT2D eigenvalue weighted by Gasteiger charge is 2.28. The van der Waals surface area contributed by atoms with Crippen LogP contribution in [0, 0.1) is 34.6 Å². The molecule has 0 fully saturated rings. The van der Waals surface area contributed by atoms with Crippen molar-refractivity contribution in [2.24, 2.45) is 0 Å². The molecule has 0 saturated carbocycles. The molecule has 0 aliphatic heterocycles. The monoisotopic (exact) mass is 361 g/mol. The molecule has 0 heterocycles. The summed E-state index contributed by atoms with van der Waals surface area (Å²) in [7, 11) is -3.73. The van der Waals surface area contributed by atoms with Crippen molar-refractivity contribution in [3.63, 3.8) is 0 Å². The molecule has 2 aromatic rings. The van der Waals surface area contributed by atoms with Crippen molar-refractivity contribution in [1.29, 1.82) is 0 Å². The number of hydrogen-bond acceptors (Lipinski definition) is 3. The highest BCUT2D eigenvalue weighted by atomic mass is 32.2. The van der Waals surface area contributed by atoms with Crippen LogP contribution in [0.5, 0.6) is 0 Å². The van der Waals surface area contributed by atoms with Gasteiger partial charge in [0.15, 0.2) is 0 Å². The molecule has 25 heavy (non-hydrogen) atoms. The normalized spacial score (nSPS) is 14.4. The van der Waals surface area contributed by atoms with Crippen molar-refractivity contribution >= 4 is 10.0 Å². The number of hydrogen-bond donors (Lipinski definition) is 2. The lowest BCUT2D eigenvalue weighted by molar-refractivity contribution is 0.0627. The molecule has 5 heteroatoms. The van der Waals surface area contributed by atoms with E-state index in [0.29, 0.717) is 10.5 Å². The minimum absolute atomic E-state index is 0.0931. The quantitative estimate of drug-likeness (QED) is 0.857. The summed E-state index contributed by atoms with van der Waals surface area (Å²) in [5.41, 5.74) is 3.98. The molecular weight excluding hydrogens is 334 g/mol. The van der Waals surface area contributed by atoms with E-state index < -0.39 is 15.6 Å². The Labute approximate surface area is 151 Å². The molecule has 136 valence electrons. The first-order valence-corrected chi connectivity index (χ1v) is 9.82. The number of aliphatic hydroxyl groups is 1. The van der Waals surface area contributed by atoms with Crippen LogP contribution in [0.3, 0.4) is 0 Å². The highest BCUT2D eigenvalue weighted by Crippen LogP contribution is 2.30. The van der Waals surface area contributed by atoms with Gasteiger partial charge in [0, 0.05) is 6.54 Å². The molecule has 4 nitrogen and oxygen atoms in total. The Bertz CT molecular complexity index is 856. The Kier molecular flexibility index (Phi) is 5.42. The fraction of sp³-hybridized carbons (Fsp3) is 0.400. The summed E-state index contributed by atoms with van der Waals surface area (Å²) in [5, 5.41) is 10.7. The van der Waals surface area contributed by atoms with Crippen molar-refractivity contribution in [3.05, 3.63) is 63.7 Å². The number of benzene rings is 2. The highest BCUT2D eigenvalue weighted by molar-refractivity contribution is 7.89. The van der Waals surface area contributed by atoms with Crippen molar-refractivity contribution in [3.8, 4) is 0 Å². The first kappa shape index (κ1) is 19.6. The number of nitrogens with one attached hydrogen (secondary N) is 1. The van der Waals surface area contributed by atoms with Gasteiger partial charge in [-0.1, -0.05) is 30.3 Å². The minimum atomic E-state index is -3.73. The Balaban J connectivity index is 2.38. The smallest absolute Gasteiger partial charge is 0.241 e. The molecule has 0 aliphatic carbocycles. The molecule has 0 amide bonds. The molecular formula is C20H27NO3S. The molecule has 1 unspecified atom stereocenters. The van der Waals surface area contributed by atoms with Crippen molar-refractivity contribution in [1.82, 2.24) is 4.72 Å². The Morgan fingerprint density at radius 2 is 1.32 bits per heavy atom. The molecule has 0 aliphatic rings. The van der Waals surface area contributed by atoms with Crippen LogP contribution in [0.4, 0.5) is 0 Å². The van der Waals surface area contributed by atoms with Crippen molar-refractivity contribution in [2.45, 2.75) is 52.0 Å². The van der Waals surface area contributed by atoms with E-state index in [0.717, 1.165) is 27.8 Å². The third-order valence-corrected chi connectivity index (χ3v) is 6.88. The summed E-state index contributed by atoms with van der Waals surface area (Å²) in [6.45, 7) is 11.1. The van der Waals surface area contributed by atoms with Gasteiger partial charge in [0.1, 0.15) is 5.60 Å². The summed E-state index contributed by atoms with van der Waals surface area (Å²) in [6, 6.07) is 9.06. The van der Waals surface area contributed by atoms with E-state index in [1.54, 1.807) is 19.1 Å². The first-order chi connectivity index (χ1) is 11.5. The van der Waals surface area contributed by atoms with Gasteiger partial charge in [-0.25, -0.2) is 13.1 Å². The maximum atomic E-state index is 12.9. The summed E-state index contributed by atoms with van der Waals surface area (Å²) in [4.78, 5) is 0.317. The Morgan fingerprint density at radius 1 is 0.880 bits per heavy atom. The summed E-state index contributed by atoms with van der Waals surface area (Å²) >= 11 is 0. The molecule has 0 spiro atoms. The van der Waals surface area contributed by atoms with E-state index in [1.165, 1.54) is 0 Å². The van der Waals surface area contributed by atoms with Crippen LogP contribution in [0.2, 0.25) is 0 Å². The van der Waals surface area contributed by atoms with Crippen LogP contribution in [-0.4, -0.2) is 20.1 Å². The van der Waals surface area contributed by atoms with Gasteiger partial charge < -0.3 is 5.11 Å². The zero-order valence-electron chi connectivity index (χ0n) is 15.8. The van der Waals surface area contributed by atoms with Crippen LogP contribution in [-0.2, 0) is 15.6 Å². The van der Waals surface area contributed by atoms with Gasteiger partial charge in [-0.2, -0.15) is 0 Å². The molecule has 0 radical (unpaired) electrons. The van der Waals surface area contributed by atoms with Crippen LogP contribution in [0.1, 0.15) is 40.3 Å². The first-order valence-electron chi connectivity index (χ1n) is 8.33. The van der Waals surface area contributed by atoms with Crippen LogP contribution < -0.4 is 4.72 Å². The van der Waals surface area contributed by atoms with Crippen LogP contribution in [0.25, 0.3) is 0 Å². The zero-order chi connectivity index (χ0) is 19.0. The average molecular weight is 362 g/mol. The van der Waals surface area contributed by atoms with Crippen LogP contribution >= 0.6 is 0 Å². The van der Waals surface area contributed by atoms with Crippen molar-refractivity contribution in [2.75, 3.05) is 6.54 Å². The van der Waals surface area contributed by atoms with E-state index >= 15 is 0 Å². The minimum Gasteiger partial charge on any atom is -0.384 e. The van der Waals surface area contributed by atoms with E-state index in [-0.39, 0.29) is 6.54 Å². The predicted molar refractivity (Wildman–Crippen MR) is 101 cm³/mol. The van der Waals surface area contributed by atoms with Gasteiger partial charge in [-0.05, 0) is 74.9 Å². The van der Waals surface area contributed by atoms with Gasteiger partial charge in [-0.3, -0.25) is 0 Å². The molecule has 0 aromatic heterocycles. The van der Waals surface area contributed by atoms with E-state index in [9.17, 15) is 13.5 Å². The molecule has 0 saturated heterocycles. The second-order valence-electron chi connectivity index (χ2n) is 6.92. The fourth-order valence-electron chi connectivity index (χ4n) is 3.08. The third-order valence-electron chi connectivity index (χ3n) is 5.20. The van der Waals surface area contributed by atoms with Gasteiger partial charge in [0.25, 0.3) is 0 Å². The second kappa shape index (κ2) is 6.90. The topological polar surface area (TPSA) is 66.4 Å². The Morgan fingerprint density at radius 3 is 1.80 bits per heavy atom. The van der Waals surface area contributed by atoms with Gasteiger partial charge >= 0.3 is 0 Å². The fourth-order valence-corrected chi connectivity index (χ4v) is 4.80. The number of rotatable bonds is 5. The summed E-state index contributed by atoms with van der Waals surface area (Å²) in [5.74, 6) is 0. The Hall–Kier alpha value is -1.69. The van der Waals surface area contributed by atoms with Gasteiger partial charge in [0.05, 0.1) is 4.90 Å². The molecule has 0 bridgehead atoms.